The molecule has 0 aliphatic rings. The van der Waals surface area contributed by atoms with Gasteiger partial charge in [0.2, 0.25) is 0 Å². The molecular formula is C12H24O3. The van der Waals surface area contributed by atoms with Crippen molar-refractivity contribution in [3.63, 3.8) is 0 Å². The van der Waals surface area contributed by atoms with Gasteiger partial charge in [0.05, 0.1) is 19.1 Å². The Morgan fingerprint density at radius 2 is 1.80 bits per heavy atom. The summed E-state index contributed by atoms with van der Waals surface area (Å²) >= 11 is 0. The lowest BCUT2D eigenvalue weighted by molar-refractivity contribution is -0.150. The topological polar surface area (TPSA) is 35.5 Å². The van der Waals surface area contributed by atoms with Crippen LogP contribution in [0.2, 0.25) is 0 Å². The van der Waals surface area contributed by atoms with E-state index in [1.807, 2.05) is 13.8 Å². The van der Waals surface area contributed by atoms with Crippen molar-refractivity contribution in [3.05, 3.63) is 0 Å². The quantitative estimate of drug-likeness (QED) is 0.585. The highest BCUT2D eigenvalue weighted by molar-refractivity contribution is 5.72. The molecule has 0 rings (SSSR count). The van der Waals surface area contributed by atoms with Gasteiger partial charge in [-0.15, -0.1) is 0 Å². The van der Waals surface area contributed by atoms with E-state index in [9.17, 15) is 4.79 Å². The van der Waals surface area contributed by atoms with Gasteiger partial charge in [0.15, 0.2) is 0 Å². The summed E-state index contributed by atoms with van der Waals surface area (Å²) in [6.07, 6.45) is 1.90. The third-order valence-corrected chi connectivity index (χ3v) is 2.24. The minimum atomic E-state index is -0.119. The van der Waals surface area contributed by atoms with Crippen molar-refractivity contribution in [2.24, 2.45) is 11.8 Å². The Morgan fingerprint density at radius 3 is 2.27 bits per heavy atom. The highest BCUT2D eigenvalue weighted by Crippen LogP contribution is 2.14. The average molecular weight is 216 g/mol. The summed E-state index contributed by atoms with van der Waals surface area (Å²) in [5.41, 5.74) is 0. The Kier molecular flexibility index (Phi) is 8.38. The molecule has 90 valence electrons. The van der Waals surface area contributed by atoms with Gasteiger partial charge in [-0.1, -0.05) is 20.3 Å². The van der Waals surface area contributed by atoms with Gasteiger partial charge in [0.1, 0.15) is 0 Å². The molecule has 0 bridgehead atoms. The predicted molar refractivity (Wildman–Crippen MR) is 60.7 cm³/mol. The molecule has 1 unspecified atom stereocenters. The first-order chi connectivity index (χ1) is 7.11. The van der Waals surface area contributed by atoms with Gasteiger partial charge < -0.3 is 9.47 Å². The van der Waals surface area contributed by atoms with Gasteiger partial charge in [-0.2, -0.15) is 0 Å². The highest BCUT2D eigenvalue weighted by Gasteiger charge is 2.19. The molecule has 0 amide bonds. The average Bonchev–Trinajstić information content (AvgIpc) is 2.17. The standard InChI is InChI=1S/C12H24O3/c1-5-14-9-11(8-7-10(3)4)12(13)15-6-2/h10-11H,5-9H2,1-4H3. The number of hydrogen-bond donors (Lipinski definition) is 0. The summed E-state index contributed by atoms with van der Waals surface area (Å²) in [5.74, 6) is 0.405. The van der Waals surface area contributed by atoms with E-state index >= 15 is 0 Å². The maximum Gasteiger partial charge on any atom is 0.311 e. The number of rotatable bonds is 8. The first-order valence-corrected chi connectivity index (χ1v) is 5.86. The highest BCUT2D eigenvalue weighted by atomic mass is 16.5. The molecule has 3 nitrogen and oxygen atoms in total. The maximum absolute atomic E-state index is 11.6. The zero-order valence-corrected chi connectivity index (χ0v) is 10.4. The Bertz CT molecular complexity index is 166. The van der Waals surface area contributed by atoms with E-state index < -0.39 is 0 Å². The summed E-state index contributed by atoms with van der Waals surface area (Å²) in [6, 6.07) is 0. The third kappa shape index (κ3) is 7.37. The smallest absolute Gasteiger partial charge is 0.311 e. The van der Waals surface area contributed by atoms with Gasteiger partial charge in [0.25, 0.3) is 0 Å². The fourth-order valence-electron chi connectivity index (χ4n) is 1.32. The van der Waals surface area contributed by atoms with Crippen LogP contribution in [0.15, 0.2) is 0 Å². The summed E-state index contributed by atoms with van der Waals surface area (Å²) in [4.78, 5) is 11.6. The van der Waals surface area contributed by atoms with E-state index in [2.05, 4.69) is 13.8 Å². The fourth-order valence-corrected chi connectivity index (χ4v) is 1.32. The second-order valence-electron chi connectivity index (χ2n) is 4.08. The Labute approximate surface area is 93.1 Å². The second-order valence-corrected chi connectivity index (χ2v) is 4.08. The lowest BCUT2D eigenvalue weighted by Gasteiger charge is -2.16. The molecule has 0 spiro atoms. The summed E-state index contributed by atoms with van der Waals surface area (Å²) in [5, 5.41) is 0. The molecule has 0 aromatic rings. The molecular weight excluding hydrogens is 192 g/mol. The molecule has 3 heteroatoms. The van der Waals surface area contributed by atoms with Crippen molar-refractivity contribution >= 4 is 5.97 Å². The summed E-state index contributed by atoms with van der Waals surface area (Å²) < 4.78 is 10.3. The van der Waals surface area contributed by atoms with Gasteiger partial charge in [-0.05, 0) is 26.2 Å². The molecule has 0 aliphatic carbocycles. The molecule has 0 aromatic carbocycles. The van der Waals surface area contributed by atoms with E-state index in [0.717, 1.165) is 12.8 Å². The molecule has 15 heavy (non-hydrogen) atoms. The first kappa shape index (κ1) is 14.4. The van der Waals surface area contributed by atoms with Crippen molar-refractivity contribution in [1.29, 1.82) is 0 Å². The van der Waals surface area contributed by atoms with Crippen LogP contribution in [0.4, 0.5) is 0 Å². The second kappa shape index (κ2) is 8.72. The van der Waals surface area contributed by atoms with Gasteiger partial charge >= 0.3 is 5.97 Å². The van der Waals surface area contributed by atoms with Crippen LogP contribution in [0.1, 0.15) is 40.5 Å². The summed E-state index contributed by atoms with van der Waals surface area (Å²) in [7, 11) is 0. The molecule has 0 aliphatic heterocycles. The van der Waals surface area contributed by atoms with Gasteiger partial charge in [-0.3, -0.25) is 4.79 Å². The zero-order valence-electron chi connectivity index (χ0n) is 10.4. The monoisotopic (exact) mass is 216 g/mol. The maximum atomic E-state index is 11.6. The number of ether oxygens (including phenoxy) is 2. The van der Waals surface area contributed by atoms with E-state index in [1.54, 1.807) is 0 Å². The van der Waals surface area contributed by atoms with Crippen molar-refractivity contribution in [2.75, 3.05) is 19.8 Å². The van der Waals surface area contributed by atoms with Crippen molar-refractivity contribution in [2.45, 2.75) is 40.5 Å². The largest absolute Gasteiger partial charge is 0.466 e. The van der Waals surface area contributed by atoms with Crippen LogP contribution in [0.25, 0.3) is 0 Å². The van der Waals surface area contributed by atoms with E-state index in [-0.39, 0.29) is 11.9 Å². The molecule has 0 aromatic heterocycles. The van der Waals surface area contributed by atoms with Crippen molar-refractivity contribution in [3.8, 4) is 0 Å². The number of hydrogen-bond acceptors (Lipinski definition) is 3. The van der Waals surface area contributed by atoms with Crippen LogP contribution < -0.4 is 0 Å². The summed E-state index contributed by atoms with van der Waals surface area (Å²) in [6.45, 7) is 9.66. The zero-order chi connectivity index (χ0) is 11.7. The molecule has 0 saturated carbocycles. The van der Waals surface area contributed by atoms with Crippen LogP contribution in [0.3, 0.4) is 0 Å². The molecule has 0 N–H and O–H groups in total. The molecule has 0 heterocycles. The Hall–Kier alpha value is -0.570. The minimum Gasteiger partial charge on any atom is -0.466 e. The van der Waals surface area contributed by atoms with Gasteiger partial charge in [0, 0.05) is 6.61 Å². The van der Waals surface area contributed by atoms with Crippen molar-refractivity contribution < 1.29 is 14.3 Å². The Balaban J connectivity index is 3.98. The van der Waals surface area contributed by atoms with Crippen LogP contribution in [0.5, 0.6) is 0 Å². The van der Waals surface area contributed by atoms with E-state index in [4.69, 9.17) is 9.47 Å². The van der Waals surface area contributed by atoms with Gasteiger partial charge in [-0.25, -0.2) is 0 Å². The van der Waals surface area contributed by atoms with Crippen molar-refractivity contribution in [1.82, 2.24) is 0 Å². The lowest BCUT2D eigenvalue weighted by atomic mass is 9.98. The van der Waals surface area contributed by atoms with Crippen LogP contribution in [-0.4, -0.2) is 25.8 Å². The molecule has 0 radical (unpaired) electrons. The van der Waals surface area contributed by atoms with Crippen LogP contribution in [-0.2, 0) is 14.3 Å². The third-order valence-electron chi connectivity index (χ3n) is 2.24. The number of esters is 1. The number of carbonyl (C=O) groups is 1. The minimum absolute atomic E-state index is 0.0905. The normalized spacial score (nSPS) is 12.9. The first-order valence-electron chi connectivity index (χ1n) is 5.86. The van der Waals surface area contributed by atoms with Crippen LogP contribution >= 0.6 is 0 Å². The van der Waals surface area contributed by atoms with Crippen LogP contribution in [0, 0.1) is 11.8 Å². The lowest BCUT2D eigenvalue weighted by Crippen LogP contribution is -2.23. The molecule has 0 saturated heterocycles. The SMILES string of the molecule is CCOCC(CCC(C)C)C(=O)OCC. The van der Waals surface area contributed by atoms with E-state index in [1.165, 1.54) is 0 Å². The molecule has 1 atom stereocenters. The number of carbonyl (C=O) groups excluding carboxylic acids is 1. The van der Waals surface area contributed by atoms with E-state index in [0.29, 0.717) is 25.7 Å². The fraction of sp³-hybridized carbons (Fsp3) is 0.917. The predicted octanol–water partition coefficient (Wildman–Crippen LogP) is 2.64. The molecule has 0 fully saturated rings. The Morgan fingerprint density at radius 1 is 1.13 bits per heavy atom.